The van der Waals surface area contributed by atoms with Gasteiger partial charge < -0.3 is 5.32 Å². The second-order valence-corrected chi connectivity index (χ2v) is 5.51. The molecule has 0 amide bonds. The zero-order chi connectivity index (χ0) is 15.5. The molecule has 0 fully saturated rings. The Bertz CT molecular complexity index is 727. The number of fused-ring (bicyclic) bond motifs is 1. The highest BCUT2D eigenvalue weighted by atomic mass is 15.3. The van der Waals surface area contributed by atoms with Gasteiger partial charge in [-0.2, -0.15) is 5.10 Å². The van der Waals surface area contributed by atoms with Crippen molar-refractivity contribution in [2.45, 2.75) is 19.9 Å². The van der Waals surface area contributed by atoms with Gasteiger partial charge in [0.2, 0.25) is 0 Å². The monoisotopic (exact) mass is 291 g/mol. The summed E-state index contributed by atoms with van der Waals surface area (Å²) in [6.07, 6.45) is 1.02. The summed E-state index contributed by atoms with van der Waals surface area (Å²) in [5.74, 6) is 0. The molecular weight excluding hydrogens is 270 g/mol. The van der Waals surface area contributed by atoms with E-state index >= 15 is 0 Å². The molecule has 1 aliphatic heterocycles. The minimum Gasteiger partial charge on any atom is -0.316 e. The van der Waals surface area contributed by atoms with E-state index in [0.717, 1.165) is 41.1 Å². The Morgan fingerprint density at radius 1 is 1.05 bits per heavy atom. The first kappa shape index (κ1) is 14.5. The zero-order valence-electron chi connectivity index (χ0n) is 13.1. The molecule has 0 saturated heterocycles. The number of hydrogen-bond acceptors (Lipinski definition) is 3. The number of nitrogens with one attached hydrogen (secondary N) is 2. The van der Waals surface area contributed by atoms with Crippen molar-refractivity contribution in [2.75, 3.05) is 7.05 Å². The second-order valence-electron chi connectivity index (χ2n) is 5.51. The molecule has 2 aromatic rings. The van der Waals surface area contributed by atoms with Crippen molar-refractivity contribution in [2.24, 2.45) is 5.10 Å². The molecule has 3 nitrogen and oxygen atoms in total. The third kappa shape index (κ3) is 2.68. The number of hydrazone groups is 1. The van der Waals surface area contributed by atoms with E-state index in [1.165, 1.54) is 11.1 Å². The SMILES string of the molecule is C=C1NN=C(c2ccc(CNC)cc2)c2ccc(CC)cc21. The summed E-state index contributed by atoms with van der Waals surface area (Å²) in [6.45, 7) is 7.11. The van der Waals surface area contributed by atoms with Gasteiger partial charge in [-0.05, 0) is 30.7 Å². The summed E-state index contributed by atoms with van der Waals surface area (Å²) in [6, 6.07) is 15.0. The lowest BCUT2D eigenvalue weighted by Gasteiger charge is -2.20. The van der Waals surface area contributed by atoms with E-state index in [2.05, 4.69) is 71.8 Å². The Morgan fingerprint density at radius 2 is 1.77 bits per heavy atom. The molecule has 0 unspecified atom stereocenters. The van der Waals surface area contributed by atoms with Crippen LogP contribution in [0.2, 0.25) is 0 Å². The maximum atomic E-state index is 4.50. The molecule has 1 aliphatic rings. The maximum absolute atomic E-state index is 4.50. The Morgan fingerprint density at radius 3 is 2.45 bits per heavy atom. The quantitative estimate of drug-likeness (QED) is 0.907. The molecule has 1 heterocycles. The van der Waals surface area contributed by atoms with Crippen LogP contribution in [0.3, 0.4) is 0 Å². The predicted octanol–water partition coefficient (Wildman–Crippen LogP) is 3.29. The van der Waals surface area contributed by atoms with Crippen LogP contribution in [0, 0.1) is 0 Å². The van der Waals surface area contributed by atoms with E-state index in [-0.39, 0.29) is 0 Å². The Labute approximate surface area is 131 Å². The summed E-state index contributed by atoms with van der Waals surface area (Å²) in [4.78, 5) is 0. The highest BCUT2D eigenvalue weighted by molar-refractivity contribution is 6.16. The molecule has 22 heavy (non-hydrogen) atoms. The lowest BCUT2D eigenvalue weighted by atomic mass is 9.92. The fraction of sp³-hybridized carbons (Fsp3) is 0.211. The fourth-order valence-corrected chi connectivity index (χ4v) is 2.72. The molecule has 0 spiro atoms. The molecule has 3 rings (SSSR count). The molecule has 2 N–H and O–H groups in total. The molecule has 0 saturated carbocycles. The van der Waals surface area contributed by atoms with Gasteiger partial charge >= 0.3 is 0 Å². The van der Waals surface area contributed by atoms with Gasteiger partial charge in [0.1, 0.15) is 0 Å². The van der Waals surface area contributed by atoms with E-state index in [1.807, 2.05) is 7.05 Å². The van der Waals surface area contributed by atoms with Crippen molar-refractivity contribution in [1.29, 1.82) is 0 Å². The largest absolute Gasteiger partial charge is 0.316 e. The van der Waals surface area contributed by atoms with E-state index in [1.54, 1.807) is 0 Å². The van der Waals surface area contributed by atoms with Crippen LogP contribution >= 0.6 is 0 Å². The van der Waals surface area contributed by atoms with Crippen molar-refractivity contribution in [3.05, 3.63) is 76.9 Å². The van der Waals surface area contributed by atoms with Gasteiger partial charge in [-0.15, -0.1) is 0 Å². The molecule has 3 heteroatoms. The van der Waals surface area contributed by atoms with Crippen LogP contribution in [-0.4, -0.2) is 12.8 Å². The highest BCUT2D eigenvalue weighted by Gasteiger charge is 2.18. The lowest BCUT2D eigenvalue weighted by Crippen LogP contribution is -2.20. The maximum Gasteiger partial charge on any atom is 0.0984 e. The topological polar surface area (TPSA) is 36.4 Å². The van der Waals surface area contributed by atoms with Crippen molar-refractivity contribution >= 4 is 11.4 Å². The van der Waals surface area contributed by atoms with Crippen LogP contribution in [-0.2, 0) is 13.0 Å². The predicted molar refractivity (Wildman–Crippen MR) is 92.8 cm³/mol. The van der Waals surface area contributed by atoms with E-state index in [4.69, 9.17) is 0 Å². The third-order valence-corrected chi connectivity index (χ3v) is 3.98. The molecule has 0 aromatic heterocycles. The van der Waals surface area contributed by atoms with Gasteiger partial charge in [-0.3, -0.25) is 5.43 Å². The fourth-order valence-electron chi connectivity index (χ4n) is 2.72. The van der Waals surface area contributed by atoms with Crippen LogP contribution in [0.4, 0.5) is 0 Å². The van der Waals surface area contributed by atoms with Crippen LogP contribution < -0.4 is 10.7 Å². The summed E-state index contributed by atoms with van der Waals surface area (Å²) >= 11 is 0. The number of nitrogens with zero attached hydrogens (tertiary/aromatic N) is 1. The molecule has 0 bridgehead atoms. The number of benzene rings is 2. The summed E-state index contributed by atoms with van der Waals surface area (Å²) < 4.78 is 0. The molecule has 112 valence electrons. The van der Waals surface area contributed by atoms with Gasteiger partial charge in [0.25, 0.3) is 0 Å². The number of rotatable bonds is 4. The molecule has 2 aromatic carbocycles. The van der Waals surface area contributed by atoms with Crippen molar-refractivity contribution in [3.63, 3.8) is 0 Å². The van der Waals surface area contributed by atoms with E-state index in [9.17, 15) is 0 Å². The minimum absolute atomic E-state index is 0.862. The van der Waals surface area contributed by atoms with Gasteiger partial charge in [-0.25, -0.2) is 0 Å². The van der Waals surface area contributed by atoms with Crippen LogP contribution in [0.15, 0.2) is 54.1 Å². The lowest BCUT2D eigenvalue weighted by molar-refractivity contribution is 0.818. The summed E-state index contributed by atoms with van der Waals surface area (Å²) in [7, 11) is 1.95. The summed E-state index contributed by atoms with van der Waals surface area (Å²) in [5.41, 5.74) is 10.9. The smallest absolute Gasteiger partial charge is 0.0984 e. The highest BCUT2D eigenvalue weighted by Crippen LogP contribution is 2.25. The molecule has 0 radical (unpaired) electrons. The molecular formula is C19H21N3. The first-order valence-electron chi connectivity index (χ1n) is 7.63. The molecule has 0 aliphatic carbocycles. The average Bonchev–Trinajstić information content (AvgIpc) is 2.56. The van der Waals surface area contributed by atoms with Crippen molar-refractivity contribution in [3.8, 4) is 0 Å². The third-order valence-electron chi connectivity index (χ3n) is 3.98. The van der Waals surface area contributed by atoms with Gasteiger partial charge in [-0.1, -0.05) is 49.9 Å². The zero-order valence-corrected chi connectivity index (χ0v) is 13.1. The van der Waals surface area contributed by atoms with E-state index in [0.29, 0.717) is 0 Å². The van der Waals surface area contributed by atoms with E-state index < -0.39 is 0 Å². The summed E-state index contributed by atoms with van der Waals surface area (Å²) in [5, 5.41) is 7.67. The number of hydrogen-bond donors (Lipinski definition) is 2. The van der Waals surface area contributed by atoms with Crippen molar-refractivity contribution < 1.29 is 0 Å². The van der Waals surface area contributed by atoms with Crippen LogP contribution in [0.25, 0.3) is 5.70 Å². The average molecular weight is 291 g/mol. The van der Waals surface area contributed by atoms with Crippen molar-refractivity contribution in [1.82, 2.24) is 10.7 Å². The minimum atomic E-state index is 0.862. The Hall–Kier alpha value is -2.39. The molecule has 0 atom stereocenters. The van der Waals surface area contributed by atoms with Gasteiger partial charge in [0, 0.05) is 23.2 Å². The Balaban J connectivity index is 2.00. The first-order valence-corrected chi connectivity index (χ1v) is 7.63. The first-order chi connectivity index (χ1) is 10.7. The van der Waals surface area contributed by atoms with Crippen LogP contribution in [0.1, 0.15) is 34.7 Å². The normalized spacial score (nSPS) is 13.4. The number of aryl methyl sites for hydroxylation is 1. The van der Waals surface area contributed by atoms with Gasteiger partial charge in [0.05, 0.1) is 11.4 Å². The standard InChI is InChI=1S/C19H21N3/c1-4-14-7-10-17-18(11-14)13(2)21-22-19(17)16-8-5-15(6-9-16)12-20-3/h5-11,20-21H,2,4,12H2,1,3H3. The van der Waals surface area contributed by atoms with Crippen LogP contribution in [0.5, 0.6) is 0 Å². The second kappa shape index (κ2) is 6.16. The van der Waals surface area contributed by atoms with Gasteiger partial charge in [0.15, 0.2) is 0 Å². The Kier molecular flexibility index (Phi) is 4.07.